The van der Waals surface area contributed by atoms with Gasteiger partial charge in [0.15, 0.2) is 0 Å². The van der Waals surface area contributed by atoms with Crippen LogP contribution in [0.2, 0.25) is 0 Å². The van der Waals surface area contributed by atoms with E-state index >= 15 is 0 Å². The van der Waals surface area contributed by atoms with Gasteiger partial charge in [-0.25, -0.2) is 0 Å². The SMILES string of the molecule is CC([NH-])C(=O)O.CN.CNC(=O)CC(C)[NH-].[Y].[Y]. The molecule has 2 radical (unpaired) electrons. The van der Waals surface area contributed by atoms with Crippen LogP contribution in [0.5, 0.6) is 0 Å². The van der Waals surface area contributed by atoms with E-state index in [0.717, 1.165) is 0 Å². The molecule has 0 saturated heterocycles. The molecule has 0 aromatic heterocycles. The molecule has 0 aliphatic rings. The molecule has 18 heavy (non-hydrogen) atoms. The molecule has 0 saturated carbocycles. The third-order valence-corrected chi connectivity index (χ3v) is 1.14. The van der Waals surface area contributed by atoms with E-state index in [9.17, 15) is 9.59 Å². The number of nitrogens with one attached hydrogen (secondary N) is 3. The van der Waals surface area contributed by atoms with Crippen molar-refractivity contribution in [1.82, 2.24) is 5.32 Å². The van der Waals surface area contributed by atoms with Crippen molar-refractivity contribution in [3.05, 3.63) is 11.5 Å². The summed E-state index contributed by atoms with van der Waals surface area (Å²) in [7, 11) is 3.07. The normalized spacial score (nSPS) is 10.6. The Balaban J connectivity index is -0.0000000511. The molecule has 0 aliphatic carbocycles. The molecule has 7 nitrogen and oxygen atoms in total. The maximum atomic E-state index is 10.4. The minimum atomic E-state index is -1.07. The molecule has 1 amide bonds. The van der Waals surface area contributed by atoms with Crippen LogP contribution >= 0.6 is 0 Å². The van der Waals surface area contributed by atoms with Crippen molar-refractivity contribution >= 4 is 11.9 Å². The fourth-order valence-corrected chi connectivity index (χ4v) is 0.380. The van der Waals surface area contributed by atoms with Crippen molar-refractivity contribution in [1.29, 1.82) is 0 Å². The van der Waals surface area contributed by atoms with Gasteiger partial charge in [-0.15, -0.1) is 6.04 Å². The van der Waals surface area contributed by atoms with E-state index in [1.165, 1.54) is 14.0 Å². The van der Waals surface area contributed by atoms with Crippen LogP contribution in [-0.2, 0) is 75.0 Å². The number of hydrogen-bond donors (Lipinski definition) is 3. The number of carboxylic acid groups (broad SMARTS) is 1. The Hall–Kier alpha value is 1.03. The second-order valence-electron chi connectivity index (χ2n) is 2.84. The van der Waals surface area contributed by atoms with E-state index in [1.807, 2.05) is 0 Å². The number of carbonyl (C=O) groups excluding carboxylic acids is 1. The summed E-state index contributed by atoms with van der Waals surface area (Å²) in [6.07, 6.45) is 0.302. The van der Waals surface area contributed by atoms with Crippen molar-refractivity contribution < 1.29 is 80.1 Å². The first kappa shape index (κ1) is 31.4. The van der Waals surface area contributed by atoms with Gasteiger partial charge in [0.05, 0.1) is 0 Å². The Labute approximate surface area is 159 Å². The standard InChI is InChI=1S/C5H11N2O.C3H6NO2.CH5N.2Y/c1-4(6)3-5(8)7-2;1-2(4)3(5)6;1-2;;/h4,6H,3H2,1-2H3,(H,7,8);2,4H,1H3,(H,5,6);2H2,1H3;;/q2*-1;;;. The average molecular weight is 412 g/mol. The summed E-state index contributed by atoms with van der Waals surface area (Å²) in [5, 5.41) is 10.2. The number of hydrogen-bond acceptors (Lipinski definition) is 3. The first-order chi connectivity index (χ1) is 7.31. The zero-order valence-corrected chi connectivity index (χ0v) is 17.0. The molecule has 0 heterocycles. The summed E-state index contributed by atoms with van der Waals surface area (Å²) >= 11 is 0. The van der Waals surface area contributed by atoms with E-state index in [0.29, 0.717) is 6.42 Å². The Morgan fingerprint density at radius 3 is 1.56 bits per heavy atom. The van der Waals surface area contributed by atoms with Crippen LogP contribution in [0, 0.1) is 0 Å². The van der Waals surface area contributed by atoms with Crippen molar-refractivity contribution in [3.8, 4) is 0 Å². The topological polar surface area (TPSA) is 140 Å². The minimum Gasteiger partial charge on any atom is -0.674 e. The maximum Gasteiger partial charge on any atom is 0.285 e. The van der Waals surface area contributed by atoms with Gasteiger partial charge in [-0.1, -0.05) is 13.8 Å². The molecule has 2 unspecified atom stereocenters. The number of carboxylic acids is 1. The van der Waals surface area contributed by atoms with E-state index in [-0.39, 0.29) is 77.4 Å². The number of aliphatic carboxylic acids is 1. The van der Waals surface area contributed by atoms with Crippen LogP contribution in [0.1, 0.15) is 20.3 Å². The van der Waals surface area contributed by atoms with Crippen LogP contribution in [0.4, 0.5) is 0 Å². The molecule has 6 N–H and O–H groups in total. The summed E-state index contributed by atoms with van der Waals surface area (Å²) in [5.41, 5.74) is 17.9. The first-order valence-corrected chi connectivity index (χ1v) is 4.74. The smallest absolute Gasteiger partial charge is 0.285 e. The van der Waals surface area contributed by atoms with Crippen LogP contribution in [0.15, 0.2) is 0 Å². The Morgan fingerprint density at radius 1 is 1.22 bits per heavy atom. The van der Waals surface area contributed by atoms with Crippen molar-refractivity contribution in [2.24, 2.45) is 5.73 Å². The van der Waals surface area contributed by atoms with Gasteiger partial charge in [0.2, 0.25) is 5.91 Å². The van der Waals surface area contributed by atoms with Gasteiger partial charge in [-0.3, -0.25) is 9.59 Å². The molecular formula is C9H22N4O3Y2-2. The third kappa shape index (κ3) is 36.0. The average Bonchev–Trinajstić information content (AvgIpc) is 2.20. The van der Waals surface area contributed by atoms with E-state index < -0.39 is 12.0 Å². The number of amides is 1. The fourth-order valence-electron chi connectivity index (χ4n) is 0.380. The van der Waals surface area contributed by atoms with Crippen LogP contribution in [0.3, 0.4) is 0 Å². The second-order valence-corrected chi connectivity index (χ2v) is 2.84. The molecule has 104 valence electrons. The van der Waals surface area contributed by atoms with Crippen molar-refractivity contribution in [2.45, 2.75) is 32.4 Å². The second kappa shape index (κ2) is 23.1. The molecule has 2 atom stereocenters. The van der Waals surface area contributed by atoms with Gasteiger partial charge in [0, 0.05) is 78.9 Å². The Kier molecular flexibility index (Phi) is 40.4. The molecule has 0 bridgehead atoms. The van der Waals surface area contributed by atoms with Crippen LogP contribution in [0.25, 0.3) is 11.5 Å². The summed E-state index contributed by atoms with van der Waals surface area (Å²) < 4.78 is 0. The summed E-state index contributed by atoms with van der Waals surface area (Å²) in [6.45, 7) is 3.00. The molecule has 0 fully saturated rings. The Bertz CT molecular complexity index is 193. The zero-order valence-electron chi connectivity index (χ0n) is 11.4. The number of nitrogens with two attached hydrogens (primary N) is 1. The molecule has 0 spiro atoms. The van der Waals surface area contributed by atoms with Crippen LogP contribution in [-0.4, -0.2) is 43.2 Å². The van der Waals surface area contributed by atoms with Gasteiger partial charge in [0.25, 0.3) is 5.97 Å². The van der Waals surface area contributed by atoms with Crippen molar-refractivity contribution in [2.75, 3.05) is 14.1 Å². The monoisotopic (exact) mass is 412 g/mol. The van der Waals surface area contributed by atoms with Gasteiger partial charge in [-0.2, -0.15) is 0 Å². The number of rotatable bonds is 3. The maximum absolute atomic E-state index is 10.4. The summed E-state index contributed by atoms with van der Waals surface area (Å²) in [5.74, 6) is -1.14. The van der Waals surface area contributed by atoms with Crippen molar-refractivity contribution in [3.63, 3.8) is 0 Å². The fraction of sp³-hybridized carbons (Fsp3) is 0.778. The van der Waals surface area contributed by atoms with Gasteiger partial charge in [0.1, 0.15) is 0 Å². The first-order valence-electron chi connectivity index (χ1n) is 4.74. The number of carbonyl (C=O) groups is 2. The van der Waals surface area contributed by atoms with Gasteiger partial charge in [-0.05, 0) is 13.1 Å². The van der Waals surface area contributed by atoms with E-state index in [1.54, 1.807) is 14.0 Å². The summed E-state index contributed by atoms with van der Waals surface area (Å²) in [4.78, 5) is 19.9. The predicted octanol–water partition coefficient (Wildman–Crippen LogP) is 0.645. The van der Waals surface area contributed by atoms with Crippen LogP contribution < -0.4 is 11.1 Å². The molecule has 0 aromatic rings. The molecule has 9 heteroatoms. The van der Waals surface area contributed by atoms with Gasteiger partial charge < -0.3 is 27.6 Å². The predicted molar refractivity (Wildman–Crippen MR) is 64.0 cm³/mol. The Morgan fingerprint density at radius 2 is 1.50 bits per heavy atom. The summed E-state index contributed by atoms with van der Waals surface area (Å²) in [6, 6.07) is -1.26. The quantitative estimate of drug-likeness (QED) is 0.626. The zero-order chi connectivity index (χ0) is 13.7. The molecule has 0 aliphatic heterocycles. The minimum absolute atomic E-state index is 0. The van der Waals surface area contributed by atoms with E-state index in [2.05, 4.69) is 11.1 Å². The molecule has 0 rings (SSSR count). The molecule has 0 aromatic carbocycles. The molecular weight excluding hydrogens is 390 g/mol. The largest absolute Gasteiger partial charge is 0.674 e. The third-order valence-electron chi connectivity index (χ3n) is 1.14. The van der Waals surface area contributed by atoms with Gasteiger partial charge >= 0.3 is 0 Å². The van der Waals surface area contributed by atoms with E-state index in [4.69, 9.17) is 16.6 Å².